The molecule has 8 heteroatoms. The number of carbonyl (C=O) groups is 1. The maximum atomic E-state index is 13.4. The minimum atomic E-state index is -0.846. The smallest absolute Gasteiger partial charge is 0.228 e. The Kier molecular flexibility index (Phi) is 5.64. The summed E-state index contributed by atoms with van der Waals surface area (Å²) >= 11 is 0. The number of halogens is 2. The number of aliphatic hydroxyl groups excluding tert-OH is 1. The minimum absolute atomic E-state index is 0.0281. The first-order valence-corrected chi connectivity index (χ1v) is 9.64. The Balaban J connectivity index is 1.23. The van der Waals surface area contributed by atoms with Crippen LogP contribution < -0.4 is 15.0 Å². The third-order valence-electron chi connectivity index (χ3n) is 5.25. The van der Waals surface area contributed by atoms with Crippen molar-refractivity contribution in [1.82, 2.24) is 4.90 Å². The number of carbonyl (C=O) groups excluding carboxylic acids is 1. The molecular formula is C21H23F2N3O3. The van der Waals surface area contributed by atoms with E-state index in [1.807, 2.05) is 11.0 Å². The SMILES string of the molecule is O=C1Cc2cc(OCC(O)CN3CCN(c4ccc(F)c(F)c4)CC3)ccc2N1. The van der Waals surface area contributed by atoms with Gasteiger partial charge in [0.1, 0.15) is 18.5 Å². The molecule has 4 rings (SSSR count). The van der Waals surface area contributed by atoms with Crippen LogP contribution in [0.3, 0.4) is 0 Å². The van der Waals surface area contributed by atoms with Gasteiger partial charge in [0.25, 0.3) is 0 Å². The average Bonchev–Trinajstić information content (AvgIpc) is 3.08. The summed E-state index contributed by atoms with van der Waals surface area (Å²) in [6.45, 7) is 3.39. The first-order valence-electron chi connectivity index (χ1n) is 9.64. The fourth-order valence-electron chi connectivity index (χ4n) is 3.71. The topological polar surface area (TPSA) is 65.0 Å². The number of hydrogen-bond donors (Lipinski definition) is 2. The molecule has 0 saturated carbocycles. The van der Waals surface area contributed by atoms with E-state index in [1.165, 1.54) is 6.07 Å². The van der Waals surface area contributed by atoms with Crippen LogP contribution in [0.4, 0.5) is 20.2 Å². The van der Waals surface area contributed by atoms with E-state index in [0.29, 0.717) is 50.6 Å². The lowest BCUT2D eigenvalue weighted by Crippen LogP contribution is -2.49. The Bertz CT molecular complexity index is 901. The largest absolute Gasteiger partial charge is 0.491 e. The van der Waals surface area contributed by atoms with Crippen LogP contribution in [-0.2, 0) is 11.2 Å². The number of ether oxygens (including phenoxy) is 1. The minimum Gasteiger partial charge on any atom is -0.491 e. The predicted octanol–water partition coefficient (Wildman–Crippen LogP) is 2.02. The van der Waals surface area contributed by atoms with E-state index in [-0.39, 0.29) is 12.5 Å². The summed E-state index contributed by atoms with van der Waals surface area (Å²) in [6.07, 6.45) is -0.310. The van der Waals surface area contributed by atoms with Gasteiger partial charge in [0.15, 0.2) is 11.6 Å². The van der Waals surface area contributed by atoms with Gasteiger partial charge in [0.05, 0.1) is 6.42 Å². The van der Waals surface area contributed by atoms with Crippen molar-refractivity contribution < 1.29 is 23.4 Å². The number of nitrogens with one attached hydrogen (secondary N) is 1. The van der Waals surface area contributed by atoms with Gasteiger partial charge in [-0.25, -0.2) is 8.78 Å². The van der Waals surface area contributed by atoms with Gasteiger partial charge in [-0.2, -0.15) is 0 Å². The molecule has 0 aliphatic carbocycles. The summed E-state index contributed by atoms with van der Waals surface area (Å²) < 4.78 is 32.2. The zero-order chi connectivity index (χ0) is 20.4. The number of aliphatic hydroxyl groups is 1. The number of amides is 1. The second-order valence-electron chi connectivity index (χ2n) is 7.39. The van der Waals surface area contributed by atoms with E-state index < -0.39 is 17.7 Å². The molecule has 2 aliphatic heterocycles. The van der Waals surface area contributed by atoms with Crippen molar-refractivity contribution in [2.75, 3.05) is 49.5 Å². The van der Waals surface area contributed by atoms with Crippen LogP contribution in [0.25, 0.3) is 0 Å². The summed E-state index contributed by atoms with van der Waals surface area (Å²) in [6, 6.07) is 9.34. The summed E-state index contributed by atoms with van der Waals surface area (Å²) in [4.78, 5) is 15.5. The maximum Gasteiger partial charge on any atom is 0.228 e. The molecule has 0 aromatic heterocycles. The fourth-order valence-corrected chi connectivity index (χ4v) is 3.71. The van der Waals surface area contributed by atoms with Gasteiger partial charge < -0.3 is 20.1 Å². The number of benzene rings is 2. The summed E-state index contributed by atoms with van der Waals surface area (Å²) in [5.74, 6) is -1.09. The number of rotatable bonds is 6. The van der Waals surface area contributed by atoms with Crippen LogP contribution in [-0.4, -0.2) is 61.3 Å². The Morgan fingerprint density at radius 1 is 1.07 bits per heavy atom. The molecule has 1 fully saturated rings. The average molecular weight is 403 g/mol. The number of β-amino-alcohol motifs (C(OH)–C–C–N with tert-alkyl or cyclic N) is 1. The van der Waals surface area contributed by atoms with E-state index >= 15 is 0 Å². The first-order chi connectivity index (χ1) is 14.0. The normalized spacial score (nSPS) is 17.8. The zero-order valence-corrected chi connectivity index (χ0v) is 15.9. The fraction of sp³-hybridized carbons (Fsp3) is 0.381. The third kappa shape index (κ3) is 4.65. The van der Waals surface area contributed by atoms with Crippen LogP contribution in [0.5, 0.6) is 5.75 Å². The second-order valence-corrected chi connectivity index (χ2v) is 7.39. The predicted molar refractivity (Wildman–Crippen MR) is 105 cm³/mol. The molecule has 0 bridgehead atoms. The lowest BCUT2D eigenvalue weighted by Gasteiger charge is -2.36. The monoisotopic (exact) mass is 403 g/mol. The van der Waals surface area contributed by atoms with Crippen LogP contribution >= 0.6 is 0 Å². The maximum absolute atomic E-state index is 13.4. The Morgan fingerprint density at radius 2 is 1.86 bits per heavy atom. The molecule has 1 amide bonds. The molecule has 2 aliphatic rings. The van der Waals surface area contributed by atoms with Gasteiger partial charge in [0.2, 0.25) is 5.91 Å². The van der Waals surface area contributed by atoms with Crippen molar-refractivity contribution in [1.29, 1.82) is 0 Å². The molecular weight excluding hydrogens is 380 g/mol. The molecule has 2 heterocycles. The van der Waals surface area contributed by atoms with Crippen molar-refractivity contribution in [3.8, 4) is 5.75 Å². The van der Waals surface area contributed by atoms with Crippen molar-refractivity contribution in [3.63, 3.8) is 0 Å². The molecule has 1 unspecified atom stereocenters. The van der Waals surface area contributed by atoms with E-state index in [1.54, 1.807) is 18.2 Å². The zero-order valence-electron chi connectivity index (χ0n) is 15.9. The molecule has 1 saturated heterocycles. The molecule has 6 nitrogen and oxygen atoms in total. The van der Waals surface area contributed by atoms with Crippen molar-refractivity contribution in [3.05, 3.63) is 53.6 Å². The summed E-state index contributed by atoms with van der Waals surface area (Å²) in [5.41, 5.74) is 2.37. The van der Waals surface area contributed by atoms with Crippen LogP contribution in [0.1, 0.15) is 5.56 Å². The number of hydrogen-bond acceptors (Lipinski definition) is 5. The van der Waals surface area contributed by atoms with Crippen LogP contribution in [0.15, 0.2) is 36.4 Å². The molecule has 2 N–H and O–H groups in total. The molecule has 2 aromatic rings. The van der Waals surface area contributed by atoms with Gasteiger partial charge in [-0.15, -0.1) is 0 Å². The molecule has 29 heavy (non-hydrogen) atoms. The first kappa shape index (κ1) is 19.6. The summed E-state index contributed by atoms with van der Waals surface area (Å²) in [5, 5.41) is 13.1. The van der Waals surface area contributed by atoms with E-state index in [2.05, 4.69) is 10.2 Å². The molecule has 0 spiro atoms. The summed E-state index contributed by atoms with van der Waals surface area (Å²) in [7, 11) is 0. The van der Waals surface area contributed by atoms with Crippen LogP contribution in [0.2, 0.25) is 0 Å². The number of piperazine rings is 1. The quantitative estimate of drug-likeness (QED) is 0.773. The molecule has 2 aromatic carbocycles. The highest BCUT2D eigenvalue weighted by Gasteiger charge is 2.21. The Labute approximate surface area is 167 Å². The highest BCUT2D eigenvalue weighted by molar-refractivity contribution is 5.99. The number of fused-ring (bicyclic) bond motifs is 1. The highest BCUT2D eigenvalue weighted by Crippen LogP contribution is 2.27. The Hall–Kier alpha value is -2.71. The van der Waals surface area contributed by atoms with Crippen LogP contribution in [0, 0.1) is 11.6 Å². The van der Waals surface area contributed by atoms with Crippen molar-refractivity contribution in [2.45, 2.75) is 12.5 Å². The van der Waals surface area contributed by atoms with E-state index in [0.717, 1.165) is 17.3 Å². The standard InChI is InChI=1S/C21H23F2N3O3/c22-18-3-1-15(11-19(18)23)26-7-5-25(6-8-26)12-16(27)13-29-17-2-4-20-14(9-17)10-21(28)24-20/h1-4,9,11,16,27H,5-8,10,12-13H2,(H,24,28). The number of anilines is 2. The van der Waals surface area contributed by atoms with Crippen molar-refractivity contribution >= 4 is 17.3 Å². The van der Waals surface area contributed by atoms with Gasteiger partial charge >= 0.3 is 0 Å². The van der Waals surface area contributed by atoms with E-state index in [9.17, 15) is 18.7 Å². The molecule has 0 radical (unpaired) electrons. The van der Waals surface area contributed by atoms with Crippen molar-refractivity contribution in [2.24, 2.45) is 0 Å². The van der Waals surface area contributed by atoms with Gasteiger partial charge in [-0.05, 0) is 35.9 Å². The molecule has 1 atom stereocenters. The highest BCUT2D eigenvalue weighted by atomic mass is 19.2. The molecule has 154 valence electrons. The lowest BCUT2D eigenvalue weighted by molar-refractivity contribution is -0.115. The Morgan fingerprint density at radius 3 is 2.62 bits per heavy atom. The van der Waals surface area contributed by atoms with E-state index in [4.69, 9.17) is 4.74 Å². The second kappa shape index (κ2) is 8.34. The lowest BCUT2D eigenvalue weighted by atomic mass is 10.1. The van der Waals surface area contributed by atoms with Gasteiger partial charge in [-0.1, -0.05) is 0 Å². The third-order valence-corrected chi connectivity index (χ3v) is 5.25. The van der Waals surface area contributed by atoms with Gasteiger partial charge in [-0.3, -0.25) is 9.69 Å². The van der Waals surface area contributed by atoms with Gasteiger partial charge in [0, 0.05) is 50.2 Å². The number of nitrogens with zero attached hydrogens (tertiary/aromatic N) is 2.